The van der Waals surface area contributed by atoms with Crippen molar-refractivity contribution in [2.24, 2.45) is 0 Å². The van der Waals surface area contributed by atoms with Crippen molar-refractivity contribution < 1.29 is 4.79 Å². The molecule has 0 saturated carbocycles. The summed E-state index contributed by atoms with van der Waals surface area (Å²) in [7, 11) is 0. The first kappa shape index (κ1) is 18.1. The van der Waals surface area contributed by atoms with E-state index in [4.69, 9.17) is 0 Å². The van der Waals surface area contributed by atoms with Crippen LogP contribution in [0, 0.1) is 6.92 Å². The Morgan fingerprint density at radius 2 is 2.11 bits per heavy atom. The van der Waals surface area contributed by atoms with Gasteiger partial charge in [-0.25, -0.2) is 14.2 Å². The Morgan fingerprint density at radius 1 is 1.25 bits per heavy atom. The summed E-state index contributed by atoms with van der Waals surface area (Å²) >= 11 is 1.54. The van der Waals surface area contributed by atoms with E-state index in [-0.39, 0.29) is 5.91 Å². The van der Waals surface area contributed by atoms with Gasteiger partial charge in [0.1, 0.15) is 5.01 Å². The van der Waals surface area contributed by atoms with Crippen LogP contribution in [0.1, 0.15) is 26.8 Å². The molecule has 142 valence electrons. The van der Waals surface area contributed by atoms with Gasteiger partial charge in [-0.3, -0.25) is 4.79 Å². The zero-order valence-electron chi connectivity index (χ0n) is 15.3. The summed E-state index contributed by atoms with van der Waals surface area (Å²) in [5.74, 6) is -0.242. The number of hydrogen-bond acceptors (Lipinski definition) is 6. The molecule has 0 saturated heterocycles. The maximum Gasteiger partial charge on any atom is 0.273 e. The quantitative estimate of drug-likeness (QED) is 0.521. The number of aromatic nitrogens is 6. The molecule has 0 aliphatic carbocycles. The number of carbonyl (C=O) groups is 1. The fraction of sp³-hybridized carbons (Fsp3) is 0.211. The van der Waals surface area contributed by atoms with Crippen LogP contribution in [0.3, 0.4) is 0 Å². The highest BCUT2D eigenvalue weighted by atomic mass is 32.1. The van der Waals surface area contributed by atoms with E-state index in [1.54, 1.807) is 26.7 Å². The standard InChI is InChI=1S/C19H19N7OS/c1-14-23-26-12-16(21-19(26)28-14)9-10-20-18(27)17-13-25(24-22-17)11-5-8-15-6-3-2-4-7-15/h2-8,12-13H,9-11H2,1H3,(H,20,27)/b8-5+. The number of nitrogens with one attached hydrogen (secondary N) is 1. The first-order valence-corrected chi connectivity index (χ1v) is 9.70. The molecule has 0 bridgehead atoms. The van der Waals surface area contributed by atoms with Crippen LogP contribution in [0.2, 0.25) is 0 Å². The van der Waals surface area contributed by atoms with Crippen molar-refractivity contribution in [2.45, 2.75) is 19.9 Å². The van der Waals surface area contributed by atoms with Crippen LogP contribution in [0.5, 0.6) is 0 Å². The molecule has 0 radical (unpaired) electrons. The summed E-state index contributed by atoms with van der Waals surface area (Å²) in [6.07, 6.45) is 8.15. The molecule has 3 aromatic heterocycles. The van der Waals surface area contributed by atoms with Crippen molar-refractivity contribution in [2.75, 3.05) is 6.54 Å². The highest BCUT2D eigenvalue weighted by Gasteiger charge is 2.11. The number of carbonyl (C=O) groups excluding carboxylic acids is 1. The molecular weight excluding hydrogens is 374 g/mol. The summed E-state index contributed by atoms with van der Waals surface area (Å²) in [6.45, 7) is 2.97. The smallest absolute Gasteiger partial charge is 0.273 e. The zero-order valence-corrected chi connectivity index (χ0v) is 16.1. The van der Waals surface area contributed by atoms with E-state index in [2.05, 4.69) is 25.7 Å². The van der Waals surface area contributed by atoms with Crippen LogP contribution in [-0.4, -0.2) is 42.0 Å². The van der Waals surface area contributed by atoms with Crippen LogP contribution in [0.15, 0.2) is 48.8 Å². The molecule has 0 aliphatic heterocycles. The predicted molar refractivity (Wildman–Crippen MR) is 107 cm³/mol. The summed E-state index contributed by atoms with van der Waals surface area (Å²) in [5.41, 5.74) is 2.31. The first-order valence-electron chi connectivity index (χ1n) is 8.89. The Hall–Kier alpha value is -3.33. The van der Waals surface area contributed by atoms with Gasteiger partial charge in [0.25, 0.3) is 5.91 Å². The maximum atomic E-state index is 12.2. The van der Waals surface area contributed by atoms with Crippen LogP contribution < -0.4 is 5.32 Å². The number of aryl methyl sites for hydroxylation is 1. The van der Waals surface area contributed by atoms with Crippen molar-refractivity contribution in [3.8, 4) is 0 Å². The number of benzene rings is 1. The largest absolute Gasteiger partial charge is 0.350 e. The fourth-order valence-corrected chi connectivity index (χ4v) is 3.46. The van der Waals surface area contributed by atoms with Crippen molar-refractivity contribution in [3.63, 3.8) is 0 Å². The molecule has 0 spiro atoms. The molecule has 1 aromatic carbocycles. The molecule has 0 unspecified atom stereocenters. The molecule has 3 heterocycles. The van der Waals surface area contributed by atoms with Crippen molar-refractivity contribution >= 4 is 28.3 Å². The second kappa shape index (κ2) is 8.13. The zero-order chi connectivity index (χ0) is 19.3. The summed E-state index contributed by atoms with van der Waals surface area (Å²) in [4.78, 5) is 17.6. The minimum Gasteiger partial charge on any atom is -0.350 e. The lowest BCUT2D eigenvalue weighted by molar-refractivity contribution is 0.0949. The minimum absolute atomic E-state index is 0.242. The summed E-state index contributed by atoms with van der Waals surface area (Å²) in [5, 5.41) is 16.1. The third-order valence-corrected chi connectivity index (χ3v) is 4.87. The summed E-state index contributed by atoms with van der Waals surface area (Å²) in [6, 6.07) is 10.0. The number of allylic oxidation sites excluding steroid dienone is 1. The molecular formula is C19H19N7OS. The Balaban J connectivity index is 1.26. The third-order valence-electron chi connectivity index (χ3n) is 4.03. The second-order valence-electron chi connectivity index (χ2n) is 6.23. The van der Waals surface area contributed by atoms with Gasteiger partial charge in [-0.15, -0.1) is 5.10 Å². The van der Waals surface area contributed by atoms with Crippen molar-refractivity contribution in [1.29, 1.82) is 0 Å². The molecule has 4 rings (SSSR count). The van der Waals surface area contributed by atoms with Gasteiger partial charge in [-0.1, -0.05) is 59.0 Å². The van der Waals surface area contributed by atoms with E-state index in [0.717, 1.165) is 21.2 Å². The Morgan fingerprint density at radius 3 is 2.93 bits per heavy atom. The van der Waals surface area contributed by atoms with Gasteiger partial charge in [-0.05, 0) is 12.5 Å². The lowest BCUT2D eigenvalue weighted by atomic mass is 10.2. The van der Waals surface area contributed by atoms with E-state index < -0.39 is 0 Å². The monoisotopic (exact) mass is 393 g/mol. The fourth-order valence-electron chi connectivity index (χ4n) is 2.71. The average Bonchev–Trinajstić information content (AvgIpc) is 3.37. The number of hydrogen-bond donors (Lipinski definition) is 1. The second-order valence-corrected chi connectivity index (χ2v) is 7.39. The molecule has 8 nitrogen and oxygen atoms in total. The normalized spacial score (nSPS) is 11.5. The Bertz CT molecular complexity index is 1080. The molecule has 0 fully saturated rings. The van der Waals surface area contributed by atoms with Crippen LogP contribution in [-0.2, 0) is 13.0 Å². The summed E-state index contributed by atoms with van der Waals surface area (Å²) < 4.78 is 3.40. The molecule has 4 aromatic rings. The molecule has 0 aliphatic rings. The third kappa shape index (κ3) is 4.32. The van der Waals surface area contributed by atoms with Gasteiger partial charge in [0.15, 0.2) is 5.69 Å². The Kier molecular flexibility index (Phi) is 5.24. The average molecular weight is 393 g/mol. The Labute approximate surface area is 165 Å². The van der Waals surface area contributed by atoms with Crippen molar-refractivity contribution in [1.82, 2.24) is 34.9 Å². The molecule has 28 heavy (non-hydrogen) atoms. The lowest BCUT2D eigenvalue weighted by Crippen LogP contribution is -2.26. The van der Waals surface area contributed by atoms with E-state index in [1.165, 1.54) is 0 Å². The van der Waals surface area contributed by atoms with Gasteiger partial charge < -0.3 is 5.32 Å². The number of amides is 1. The van der Waals surface area contributed by atoms with Crippen molar-refractivity contribution in [3.05, 3.63) is 70.8 Å². The molecule has 9 heteroatoms. The topological polar surface area (TPSA) is 90.0 Å². The highest BCUT2D eigenvalue weighted by Crippen LogP contribution is 2.13. The number of fused-ring (bicyclic) bond motifs is 1. The van der Waals surface area contributed by atoms with Crippen LogP contribution in [0.25, 0.3) is 11.0 Å². The van der Waals surface area contributed by atoms with E-state index in [9.17, 15) is 4.79 Å². The number of imidazole rings is 1. The number of rotatable bonds is 7. The van der Waals surface area contributed by atoms with E-state index in [0.29, 0.717) is 25.2 Å². The van der Waals surface area contributed by atoms with Gasteiger partial charge in [0.05, 0.1) is 24.6 Å². The van der Waals surface area contributed by atoms with Gasteiger partial charge >= 0.3 is 0 Å². The maximum absolute atomic E-state index is 12.2. The lowest BCUT2D eigenvalue weighted by Gasteiger charge is -2.00. The van der Waals surface area contributed by atoms with Gasteiger partial charge in [0.2, 0.25) is 4.96 Å². The highest BCUT2D eigenvalue weighted by molar-refractivity contribution is 7.16. The van der Waals surface area contributed by atoms with Crippen LogP contribution >= 0.6 is 11.3 Å². The number of nitrogens with zero attached hydrogens (tertiary/aromatic N) is 6. The van der Waals surface area contributed by atoms with Crippen LogP contribution in [0.4, 0.5) is 0 Å². The van der Waals surface area contributed by atoms with E-state index >= 15 is 0 Å². The first-order chi connectivity index (χ1) is 13.7. The molecule has 1 N–H and O–H groups in total. The minimum atomic E-state index is -0.242. The van der Waals surface area contributed by atoms with E-state index in [1.807, 2.05) is 55.6 Å². The molecule has 0 atom stereocenters. The predicted octanol–water partition coefficient (Wildman–Crippen LogP) is 2.38. The SMILES string of the molecule is Cc1nn2cc(CCNC(=O)c3cn(C/C=C/c4ccccc4)nn3)nc2s1. The van der Waals surface area contributed by atoms with Gasteiger partial charge in [-0.2, -0.15) is 5.10 Å². The molecule has 1 amide bonds. The van der Waals surface area contributed by atoms with Gasteiger partial charge in [0, 0.05) is 13.0 Å².